The first kappa shape index (κ1) is 18.9. The minimum absolute atomic E-state index is 0.0431. The molecule has 1 aromatic carbocycles. The average Bonchev–Trinajstić information content (AvgIpc) is 3.42. The molecule has 3 heterocycles. The van der Waals surface area contributed by atoms with E-state index in [1.54, 1.807) is 6.20 Å². The number of hydrogen-bond acceptors (Lipinski definition) is 8. The van der Waals surface area contributed by atoms with Gasteiger partial charge < -0.3 is 10.0 Å². The maximum Gasteiger partial charge on any atom is 0.258 e. The molecule has 2 aromatic heterocycles. The first-order valence-corrected chi connectivity index (χ1v) is 9.66. The number of phenolic OH excluding ortho intramolecular Hbond substituents is 1. The molecule has 2 N–H and O–H groups in total. The molecule has 3 aromatic rings. The summed E-state index contributed by atoms with van der Waals surface area (Å²) in [5, 5.41) is 12.4. The van der Waals surface area contributed by atoms with Gasteiger partial charge in [-0.2, -0.15) is 9.36 Å². The molecular weight excluding hydrogens is 397 g/mol. The van der Waals surface area contributed by atoms with E-state index in [2.05, 4.69) is 24.6 Å². The Bertz CT molecular complexity index is 1060. The lowest BCUT2D eigenvalue weighted by Gasteiger charge is -2.16. The molecule has 1 aliphatic rings. The number of hydrogen-bond donors (Lipinski definition) is 2. The zero-order valence-electron chi connectivity index (χ0n) is 15.1. The van der Waals surface area contributed by atoms with Crippen LogP contribution in [0.5, 0.6) is 5.75 Å². The molecule has 0 aliphatic carbocycles. The summed E-state index contributed by atoms with van der Waals surface area (Å²) in [6.07, 6.45) is 4.42. The van der Waals surface area contributed by atoms with Crippen molar-refractivity contribution < 1.29 is 19.1 Å². The fraction of sp³-hybridized carbons (Fsp3) is 0.211. The molecule has 0 atom stereocenters. The third-order valence-corrected chi connectivity index (χ3v) is 5.31. The maximum absolute atomic E-state index is 13.7. The van der Waals surface area contributed by atoms with Crippen LogP contribution in [0.15, 0.2) is 30.5 Å². The van der Waals surface area contributed by atoms with Crippen LogP contribution in [-0.2, 0) is 0 Å². The van der Waals surface area contributed by atoms with E-state index < -0.39 is 17.5 Å². The number of nitrogens with zero attached hydrogens (tertiary/aromatic N) is 4. The summed E-state index contributed by atoms with van der Waals surface area (Å²) >= 11 is 1.07. The van der Waals surface area contributed by atoms with E-state index >= 15 is 0 Å². The summed E-state index contributed by atoms with van der Waals surface area (Å²) in [6.45, 7) is 2.05. The van der Waals surface area contributed by atoms with Gasteiger partial charge in [-0.25, -0.2) is 4.39 Å². The average molecular weight is 413 g/mol. The zero-order valence-corrected chi connectivity index (χ0v) is 15.9. The third kappa shape index (κ3) is 3.92. The Hall–Kier alpha value is -3.40. The number of halogens is 1. The minimum Gasteiger partial charge on any atom is -0.504 e. The number of carbonyl (C=O) groups is 2. The summed E-state index contributed by atoms with van der Waals surface area (Å²) in [4.78, 5) is 34.1. The molecule has 0 saturated carbocycles. The fourth-order valence-electron chi connectivity index (χ4n) is 3.07. The van der Waals surface area contributed by atoms with Crippen molar-refractivity contribution in [2.45, 2.75) is 12.8 Å². The third-order valence-electron chi connectivity index (χ3n) is 4.57. The molecule has 148 valence electrons. The monoisotopic (exact) mass is 413 g/mol. The van der Waals surface area contributed by atoms with Gasteiger partial charge in [0, 0.05) is 18.7 Å². The highest BCUT2D eigenvalue weighted by Gasteiger charge is 2.17. The van der Waals surface area contributed by atoms with Crippen LogP contribution in [0.25, 0.3) is 10.7 Å². The van der Waals surface area contributed by atoms with Crippen molar-refractivity contribution in [3.05, 3.63) is 47.4 Å². The number of benzene rings is 1. The van der Waals surface area contributed by atoms with Crippen LogP contribution in [0.4, 0.5) is 16.0 Å². The van der Waals surface area contributed by atoms with Crippen molar-refractivity contribution in [1.82, 2.24) is 14.3 Å². The van der Waals surface area contributed by atoms with Crippen LogP contribution in [0.3, 0.4) is 0 Å². The predicted molar refractivity (Wildman–Crippen MR) is 106 cm³/mol. The van der Waals surface area contributed by atoms with Crippen molar-refractivity contribution in [1.29, 1.82) is 0 Å². The van der Waals surface area contributed by atoms with Crippen molar-refractivity contribution in [3.8, 4) is 16.5 Å². The second-order valence-electron chi connectivity index (χ2n) is 6.49. The Morgan fingerprint density at radius 3 is 2.76 bits per heavy atom. The Morgan fingerprint density at radius 1 is 1.28 bits per heavy atom. The lowest BCUT2D eigenvalue weighted by atomic mass is 10.1. The van der Waals surface area contributed by atoms with Gasteiger partial charge in [-0.1, -0.05) is 0 Å². The van der Waals surface area contributed by atoms with Crippen LogP contribution in [-0.4, -0.2) is 44.7 Å². The zero-order chi connectivity index (χ0) is 20.4. The minimum atomic E-state index is -1.06. The van der Waals surface area contributed by atoms with Gasteiger partial charge in [-0.05, 0) is 48.6 Å². The first-order chi connectivity index (χ1) is 14.0. The van der Waals surface area contributed by atoms with E-state index in [4.69, 9.17) is 0 Å². The standard InChI is InChI=1S/C19H16FN5O3S/c20-14-8-11(7-12(10-26)16(14)27)17(28)22-19-23-18(29-24-19)15-4-3-13(9-21-15)25-5-1-2-6-25/h3-4,7-10,27H,1-2,5-6H2,(H,22,24,28). The van der Waals surface area contributed by atoms with Crippen molar-refractivity contribution in [2.24, 2.45) is 0 Å². The van der Waals surface area contributed by atoms with Crippen molar-refractivity contribution >= 4 is 35.4 Å². The molecule has 29 heavy (non-hydrogen) atoms. The molecule has 10 heteroatoms. The van der Waals surface area contributed by atoms with Gasteiger partial charge in [-0.3, -0.25) is 19.9 Å². The van der Waals surface area contributed by atoms with E-state index in [1.807, 2.05) is 12.1 Å². The smallest absolute Gasteiger partial charge is 0.258 e. The van der Waals surface area contributed by atoms with Gasteiger partial charge in [0.15, 0.2) is 22.9 Å². The largest absolute Gasteiger partial charge is 0.504 e. The molecule has 0 spiro atoms. The van der Waals surface area contributed by atoms with E-state index in [9.17, 15) is 19.1 Å². The van der Waals surface area contributed by atoms with E-state index in [-0.39, 0.29) is 23.4 Å². The highest BCUT2D eigenvalue weighted by Crippen LogP contribution is 2.26. The van der Waals surface area contributed by atoms with E-state index in [0.29, 0.717) is 10.7 Å². The number of aromatic nitrogens is 3. The summed E-state index contributed by atoms with van der Waals surface area (Å²) in [7, 11) is 0. The summed E-state index contributed by atoms with van der Waals surface area (Å²) in [6, 6.07) is 5.76. The number of aromatic hydroxyl groups is 1. The summed E-state index contributed by atoms with van der Waals surface area (Å²) in [5.74, 6) is -2.52. The molecule has 4 rings (SSSR count). The fourth-order valence-corrected chi connectivity index (χ4v) is 3.67. The second-order valence-corrected chi connectivity index (χ2v) is 7.24. The topological polar surface area (TPSA) is 108 Å². The van der Waals surface area contributed by atoms with Gasteiger partial charge in [0.25, 0.3) is 5.91 Å². The highest BCUT2D eigenvalue weighted by atomic mass is 32.1. The van der Waals surface area contributed by atoms with Gasteiger partial charge in [0.2, 0.25) is 5.95 Å². The number of anilines is 2. The van der Waals surface area contributed by atoms with Crippen LogP contribution >= 0.6 is 11.5 Å². The molecule has 0 radical (unpaired) electrons. The lowest BCUT2D eigenvalue weighted by Crippen LogP contribution is -2.17. The van der Waals surface area contributed by atoms with Crippen LogP contribution in [0, 0.1) is 5.82 Å². The number of rotatable bonds is 5. The summed E-state index contributed by atoms with van der Waals surface area (Å²) in [5.41, 5.74) is 1.24. The molecule has 1 saturated heterocycles. The highest BCUT2D eigenvalue weighted by molar-refractivity contribution is 7.09. The Balaban J connectivity index is 1.48. The van der Waals surface area contributed by atoms with Gasteiger partial charge in [-0.15, -0.1) is 0 Å². The second kappa shape index (κ2) is 7.92. The van der Waals surface area contributed by atoms with Gasteiger partial charge in [0.05, 0.1) is 17.4 Å². The van der Waals surface area contributed by atoms with E-state index in [1.165, 1.54) is 12.8 Å². The number of nitrogens with one attached hydrogen (secondary N) is 1. The SMILES string of the molecule is O=Cc1cc(C(=O)Nc2nsc(-c3ccc(N4CCCC4)cn3)n2)cc(F)c1O. The Kier molecular flexibility index (Phi) is 5.17. The molecule has 1 amide bonds. The molecular formula is C19H16FN5O3S. The molecule has 1 aliphatic heterocycles. The number of aldehydes is 1. The molecule has 0 unspecified atom stereocenters. The number of amides is 1. The number of carbonyl (C=O) groups excluding carboxylic acids is 2. The number of pyridine rings is 1. The molecule has 0 bridgehead atoms. The van der Waals surface area contributed by atoms with Crippen LogP contribution in [0.2, 0.25) is 0 Å². The predicted octanol–water partition coefficient (Wildman–Crippen LogP) is 3.11. The molecule has 8 nitrogen and oxygen atoms in total. The lowest BCUT2D eigenvalue weighted by molar-refractivity contribution is 0.102. The van der Waals surface area contributed by atoms with Crippen LogP contribution in [0.1, 0.15) is 33.6 Å². The quantitative estimate of drug-likeness (QED) is 0.619. The molecule has 1 fully saturated rings. The van der Waals surface area contributed by atoms with Crippen molar-refractivity contribution in [2.75, 3.05) is 23.3 Å². The number of phenols is 1. The Labute approximate surface area is 169 Å². The maximum atomic E-state index is 13.7. The van der Waals surface area contributed by atoms with Crippen LogP contribution < -0.4 is 10.2 Å². The normalized spacial score (nSPS) is 13.5. The van der Waals surface area contributed by atoms with Crippen molar-refractivity contribution in [3.63, 3.8) is 0 Å². The Morgan fingerprint density at radius 2 is 2.07 bits per heavy atom. The first-order valence-electron chi connectivity index (χ1n) is 8.89. The summed E-state index contributed by atoms with van der Waals surface area (Å²) < 4.78 is 17.7. The van der Waals surface area contributed by atoms with Gasteiger partial charge >= 0.3 is 0 Å². The van der Waals surface area contributed by atoms with E-state index in [0.717, 1.165) is 42.4 Å². The van der Waals surface area contributed by atoms with Gasteiger partial charge in [0.1, 0.15) is 5.69 Å².